The summed E-state index contributed by atoms with van der Waals surface area (Å²) in [5.74, 6) is -0.280. The zero-order valence-electron chi connectivity index (χ0n) is 11.6. The van der Waals surface area contributed by atoms with Gasteiger partial charge in [0.25, 0.3) is 5.91 Å². The molecule has 0 aromatic heterocycles. The lowest BCUT2D eigenvalue weighted by atomic mass is 9.93. The number of nitrogens with zero attached hydrogens (tertiary/aromatic N) is 1. The van der Waals surface area contributed by atoms with E-state index in [4.69, 9.17) is 16.3 Å². The van der Waals surface area contributed by atoms with Crippen molar-refractivity contribution in [1.82, 2.24) is 4.90 Å². The smallest absolute Gasteiger partial charge is 0.258 e. The van der Waals surface area contributed by atoms with Gasteiger partial charge >= 0.3 is 0 Å². The second-order valence-corrected chi connectivity index (χ2v) is 5.52. The Kier molecular flexibility index (Phi) is 5.38. The monoisotopic (exact) mass is 299 g/mol. The van der Waals surface area contributed by atoms with Crippen molar-refractivity contribution in [2.75, 3.05) is 26.8 Å². The zero-order chi connectivity index (χ0) is 14.5. The lowest BCUT2D eigenvalue weighted by Gasteiger charge is -2.32. The molecular weight excluding hydrogens is 281 g/mol. The molecule has 1 amide bonds. The van der Waals surface area contributed by atoms with Crippen LogP contribution in [-0.2, 0) is 4.74 Å². The maximum atomic E-state index is 13.8. The van der Waals surface area contributed by atoms with Gasteiger partial charge in [-0.05, 0) is 37.3 Å². The molecule has 0 radical (unpaired) electrons. The highest BCUT2D eigenvalue weighted by Crippen LogP contribution is 2.25. The Morgan fingerprint density at radius 3 is 2.75 bits per heavy atom. The number of carbonyl (C=O) groups excluding carboxylic acids is 1. The van der Waals surface area contributed by atoms with Crippen LogP contribution in [0.2, 0.25) is 5.02 Å². The van der Waals surface area contributed by atoms with E-state index in [1.165, 1.54) is 12.1 Å². The third-order valence-corrected chi connectivity index (χ3v) is 4.12. The minimum Gasteiger partial charge on any atom is -0.385 e. The van der Waals surface area contributed by atoms with Crippen molar-refractivity contribution in [3.05, 3.63) is 34.6 Å². The summed E-state index contributed by atoms with van der Waals surface area (Å²) in [6, 6.07) is 4.32. The van der Waals surface area contributed by atoms with E-state index in [1.807, 2.05) is 0 Å². The Morgan fingerprint density at radius 1 is 1.45 bits per heavy atom. The maximum absolute atomic E-state index is 13.8. The lowest BCUT2D eigenvalue weighted by Crippen LogP contribution is -2.39. The van der Waals surface area contributed by atoms with E-state index in [-0.39, 0.29) is 16.5 Å². The lowest BCUT2D eigenvalue weighted by molar-refractivity contribution is 0.0665. The van der Waals surface area contributed by atoms with Crippen LogP contribution in [0.5, 0.6) is 0 Å². The highest BCUT2D eigenvalue weighted by Gasteiger charge is 2.26. The normalized spacial score (nSPS) is 16.4. The van der Waals surface area contributed by atoms with Gasteiger partial charge in [0.2, 0.25) is 0 Å². The molecule has 20 heavy (non-hydrogen) atoms. The van der Waals surface area contributed by atoms with Crippen molar-refractivity contribution in [2.24, 2.45) is 5.92 Å². The van der Waals surface area contributed by atoms with E-state index in [2.05, 4.69) is 0 Å². The van der Waals surface area contributed by atoms with Crippen LogP contribution in [0.3, 0.4) is 0 Å². The predicted molar refractivity (Wildman–Crippen MR) is 76.5 cm³/mol. The summed E-state index contributed by atoms with van der Waals surface area (Å²) in [5.41, 5.74) is -0.00971. The molecule has 5 heteroatoms. The van der Waals surface area contributed by atoms with Gasteiger partial charge in [-0.2, -0.15) is 0 Å². The average Bonchev–Trinajstić information content (AvgIpc) is 2.45. The molecule has 0 unspecified atom stereocenters. The Hall–Kier alpha value is -1.13. The molecule has 1 aliphatic rings. The van der Waals surface area contributed by atoms with Gasteiger partial charge in [0.05, 0.1) is 10.6 Å². The van der Waals surface area contributed by atoms with Crippen LogP contribution in [0.25, 0.3) is 0 Å². The molecule has 2 rings (SSSR count). The third kappa shape index (κ3) is 3.49. The summed E-state index contributed by atoms with van der Waals surface area (Å²) < 4.78 is 18.8. The maximum Gasteiger partial charge on any atom is 0.258 e. The molecule has 110 valence electrons. The number of hydrogen-bond acceptors (Lipinski definition) is 2. The van der Waals surface area contributed by atoms with E-state index < -0.39 is 5.82 Å². The van der Waals surface area contributed by atoms with E-state index in [0.29, 0.717) is 19.0 Å². The molecule has 0 N–H and O–H groups in total. The SMILES string of the molecule is COCCC1CCN(C(=O)c2c(F)cccc2Cl)CC1. The summed E-state index contributed by atoms with van der Waals surface area (Å²) in [7, 11) is 1.69. The van der Waals surface area contributed by atoms with E-state index in [1.54, 1.807) is 18.1 Å². The molecule has 1 heterocycles. The second kappa shape index (κ2) is 7.04. The Bertz CT molecular complexity index is 453. The number of halogens is 2. The Balaban J connectivity index is 1.98. The standard InChI is InChI=1S/C15H19ClFNO2/c1-20-10-7-11-5-8-18(9-6-11)15(19)14-12(16)3-2-4-13(14)17/h2-4,11H,5-10H2,1H3. The number of ether oxygens (including phenoxy) is 1. The summed E-state index contributed by atoms with van der Waals surface area (Å²) in [5, 5.41) is 0.177. The van der Waals surface area contributed by atoms with Gasteiger partial charge in [0.15, 0.2) is 0 Å². The number of rotatable bonds is 4. The molecule has 1 aromatic rings. The number of amides is 1. The molecule has 0 spiro atoms. The zero-order valence-corrected chi connectivity index (χ0v) is 12.3. The quantitative estimate of drug-likeness (QED) is 0.853. The van der Waals surface area contributed by atoms with Crippen LogP contribution >= 0.6 is 11.6 Å². The van der Waals surface area contributed by atoms with Crippen molar-refractivity contribution in [2.45, 2.75) is 19.3 Å². The molecule has 1 saturated heterocycles. The first kappa shape index (κ1) is 15.3. The van der Waals surface area contributed by atoms with E-state index in [0.717, 1.165) is 25.9 Å². The average molecular weight is 300 g/mol. The number of carbonyl (C=O) groups is 1. The van der Waals surface area contributed by atoms with Crippen LogP contribution < -0.4 is 0 Å². The first-order valence-electron chi connectivity index (χ1n) is 6.85. The van der Waals surface area contributed by atoms with Gasteiger partial charge in [0, 0.05) is 26.8 Å². The van der Waals surface area contributed by atoms with Crippen molar-refractivity contribution in [3.8, 4) is 0 Å². The molecule has 1 fully saturated rings. The van der Waals surface area contributed by atoms with Gasteiger partial charge in [0.1, 0.15) is 5.82 Å². The van der Waals surface area contributed by atoms with Crippen molar-refractivity contribution < 1.29 is 13.9 Å². The fourth-order valence-corrected chi connectivity index (χ4v) is 2.81. The van der Waals surface area contributed by atoms with E-state index in [9.17, 15) is 9.18 Å². The fraction of sp³-hybridized carbons (Fsp3) is 0.533. The molecule has 3 nitrogen and oxygen atoms in total. The van der Waals surface area contributed by atoms with Gasteiger partial charge in [-0.1, -0.05) is 17.7 Å². The first-order chi connectivity index (χ1) is 9.63. The first-order valence-corrected chi connectivity index (χ1v) is 7.23. The summed E-state index contributed by atoms with van der Waals surface area (Å²) in [4.78, 5) is 14.0. The number of piperidine rings is 1. The summed E-state index contributed by atoms with van der Waals surface area (Å²) >= 11 is 5.94. The Morgan fingerprint density at radius 2 is 2.15 bits per heavy atom. The third-order valence-electron chi connectivity index (χ3n) is 3.81. The fourth-order valence-electron chi connectivity index (χ4n) is 2.57. The minimum absolute atomic E-state index is 0.00971. The summed E-state index contributed by atoms with van der Waals surface area (Å²) in [6.45, 7) is 2.05. The molecule has 1 aliphatic heterocycles. The number of methoxy groups -OCH3 is 1. The molecule has 0 aliphatic carbocycles. The molecule has 1 aromatic carbocycles. The molecule has 0 atom stereocenters. The van der Waals surface area contributed by atoms with Crippen LogP contribution in [0.1, 0.15) is 29.6 Å². The highest BCUT2D eigenvalue weighted by atomic mass is 35.5. The van der Waals surface area contributed by atoms with Gasteiger partial charge in [-0.15, -0.1) is 0 Å². The number of hydrogen-bond donors (Lipinski definition) is 0. The summed E-state index contributed by atoms with van der Waals surface area (Å²) in [6.07, 6.45) is 2.88. The van der Waals surface area contributed by atoms with Crippen LogP contribution in [0, 0.1) is 11.7 Å². The predicted octanol–water partition coefficient (Wildman–Crippen LogP) is 3.37. The highest BCUT2D eigenvalue weighted by molar-refractivity contribution is 6.33. The minimum atomic E-state index is -0.552. The molecule has 0 bridgehead atoms. The Labute approximate surface area is 123 Å². The van der Waals surface area contributed by atoms with Crippen molar-refractivity contribution in [1.29, 1.82) is 0 Å². The molecule has 0 saturated carbocycles. The largest absolute Gasteiger partial charge is 0.385 e. The van der Waals surface area contributed by atoms with E-state index >= 15 is 0 Å². The topological polar surface area (TPSA) is 29.5 Å². The van der Waals surface area contributed by atoms with Crippen LogP contribution in [0.15, 0.2) is 18.2 Å². The number of likely N-dealkylation sites (tertiary alicyclic amines) is 1. The van der Waals surface area contributed by atoms with Gasteiger partial charge in [-0.3, -0.25) is 4.79 Å². The van der Waals surface area contributed by atoms with Crippen molar-refractivity contribution >= 4 is 17.5 Å². The van der Waals surface area contributed by atoms with Crippen molar-refractivity contribution in [3.63, 3.8) is 0 Å². The van der Waals surface area contributed by atoms with Crippen LogP contribution in [0.4, 0.5) is 4.39 Å². The number of benzene rings is 1. The molecular formula is C15H19ClFNO2. The van der Waals surface area contributed by atoms with Crippen LogP contribution in [-0.4, -0.2) is 37.6 Å². The van der Waals surface area contributed by atoms with Gasteiger partial charge < -0.3 is 9.64 Å². The van der Waals surface area contributed by atoms with Gasteiger partial charge in [-0.25, -0.2) is 4.39 Å². The second-order valence-electron chi connectivity index (χ2n) is 5.11.